The van der Waals surface area contributed by atoms with Crippen LogP contribution in [0.3, 0.4) is 0 Å². The number of hydrogen-bond donors (Lipinski definition) is 0. The summed E-state index contributed by atoms with van der Waals surface area (Å²) in [4.78, 5) is 2.34. The molecule has 2 heteroatoms. The van der Waals surface area contributed by atoms with Crippen molar-refractivity contribution in [1.82, 2.24) is 4.90 Å². The van der Waals surface area contributed by atoms with Gasteiger partial charge in [-0.15, -0.1) is 0 Å². The van der Waals surface area contributed by atoms with E-state index in [2.05, 4.69) is 42.2 Å². The third-order valence-electron chi connectivity index (χ3n) is 3.93. The van der Waals surface area contributed by atoms with Crippen LogP contribution in [0.4, 0.5) is 0 Å². The number of nitriles is 1. The molecule has 0 spiro atoms. The molecule has 0 aliphatic heterocycles. The lowest BCUT2D eigenvalue weighted by molar-refractivity contribution is 0.214. The fourth-order valence-electron chi connectivity index (χ4n) is 2.79. The predicted molar refractivity (Wildman–Crippen MR) is 74.1 cm³/mol. The zero-order chi connectivity index (χ0) is 12.8. The smallest absolute Gasteiger partial charge is 0.0871 e. The number of hydrogen-bond acceptors (Lipinski definition) is 2. The minimum Gasteiger partial charge on any atom is -0.283 e. The van der Waals surface area contributed by atoms with Crippen molar-refractivity contribution in [2.45, 2.75) is 51.6 Å². The van der Waals surface area contributed by atoms with Crippen LogP contribution >= 0.6 is 0 Å². The second-order valence-corrected chi connectivity index (χ2v) is 5.17. The summed E-state index contributed by atoms with van der Waals surface area (Å²) in [5, 5.41) is 8.97. The van der Waals surface area contributed by atoms with Crippen LogP contribution in [-0.4, -0.2) is 17.5 Å². The van der Waals surface area contributed by atoms with Crippen molar-refractivity contribution in [3.8, 4) is 6.07 Å². The third kappa shape index (κ3) is 3.34. The van der Waals surface area contributed by atoms with E-state index < -0.39 is 0 Å². The first kappa shape index (κ1) is 13.1. The zero-order valence-electron chi connectivity index (χ0n) is 11.2. The molecule has 0 bridgehead atoms. The topological polar surface area (TPSA) is 27.0 Å². The maximum atomic E-state index is 8.97. The minimum absolute atomic E-state index is 0.556. The van der Waals surface area contributed by atoms with Gasteiger partial charge in [0.05, 0.1) is 12.6 Å². The van der Waals surface area contributed by atoms with Gasteiger partial charge in [-0.1, -0.05) is 44.0 Å². The molecule has 0 amide bonds. The van der Waals surface area contributed by atoms with Crippen molar-refractivity contribution in [1.29, 1.82) is 5.26 Å². The van der Waals surface area contributed by atoms with Gasteiger partial charge in [0.25, 0.3) is 0 Å². The van der Waals surface area contributed by atoms with E-state index in [-0.39, 0.29) is 0 Å². The first-order valence-electron chi connectivity index (χ1n) is 7.02. The van der Waals surface area contributed by atoms with Crippen LogP contribution in [0.5, 0.6) is 0 Å². The molecule has 0 saturated heterocycles. The maximum absolute atomic E-state index is 8.97. The lowest BCUT2D eigenvalue weighted by atomic mass is 10.1. The quantitative estimate of drug-likeness (QED) is 0.739. The van der Waals surface area contributed by atoms with Crippen LogP contribution in [0.1, 0.15) is 43.7 Å². The van der Waals surface area contributed by atoms with Crippen molar-refractivity contribution >= 4 is 0 Å². The van der Waals surface area contributed by atoms with Gasteiger partial charge in [0, 0.05) is 12.6 Å². The Balaban J connectivity index is 2.00. The number of benzene rings is 1. The van der Waals surface area contributed by atoms with E-state index in [1.165, 1.54) is 36.8 Å². The molecule has 0 radical (unpaired) electrons. The van der Waals surface area contributed by atoms with Gasteiger partial charge in [0.1, 0.15) is 0 Å². The Morgan fingerprint density at radius 2 is 1.78 bits per heavy atom. The first-order chi connectivity index (χ1) is 8.83. The van der Waals surface area contributed by atoms with E-state index in [0.29, 0.717) is 12.6 Å². The van der Waals surface area contributed by atoms with Crippen LogP contribution in [0, 0.1) is 11.3 Å². The molecule has 1 aliphatic rings. The SMILES string of the molecule is CCc1ccc(CN(CC#N)C2CCCC2)cc1. The summed E-state index contributed by atoms with van der Waals surface area (Å²) in [5.41, 5.74) is 2.71. The van der Waals surface area contributed by atoms with Crippen LogP contribution in [0.25, 0.3) is 0 Å². The summed E-state index contributed by atoms with van der Waals surface area (Å²) in [5.74, 6) is 0. The fraction of sp³-hybridized carbons (Fsp3) is 0.562. The van der Waals surface area contributed by atoms with E-state index in [1.54, 1.807) is 0 Å². The molecule has 2 rings (SSSR count). The monoisotopic (exact) mass is 242 g/mol. The molecular formula is C16H22N2. The van der Waals surface area contributed by atoms with Crippen LogP contribution < -0.4 is 0 Å². The average molecular weight is 242 g/mol. The van der Waals surface area contributed by atoms with Gasteiger partial charge >= 0.3 is 0 Å². The van der Waals surface area contributed by atoms with Gasteiger partial charge in [0.15, 0.2) is 0 Å². The summed E-state index contributed by atoms with van der Waals surface area (Å²) in [6, 6.07) is 11.8. The van der Waals surface area contributed by atoms with Crippen molar-refractivity contribution in [3.05, 3.63) is 35.4 Å². The van der Waals surface area contributed by atoms with E-state index in [0.717, 1.165) is 13.0 Å². The molecule has 1 aliphatic carbocycles. The number of nitrogens with zero attached hydrogens (tertiary/aromatic N) is 2. The number of aryl methyl sites for hydroxylation is 1. The summed E-state index contributed by atoms with van der Waals surface area (Å²) in [7, 11) is 0. The third-order valence-corrected chi connectivity index (χ3v) is 3.93. The molecule has 1 saturated carbocycles. The molecule has 0 aromatic heterocycles. The van der Waals surface area contributed by atoms with Gasteiger partial charge < -0.3 is 0 Å². The minimum atomic E-state index is 0.556. The Hall–Kier alpha value is -1.33. The molecule has 96 valence electrons. The van der Waals surface area contributed by atoms with Crippen molar-refractivity contribution in [2.75, 3.05) is 6.54 Å². The second kappa shape index (κ2) is 6.56. The second-order valence-electron chi connectivity index (χ2n) is 5.17. The van der Waals surface area contributed by atoms with E-state index in [9.17, 15) is 0 Å². The molecule has 1 aromatic carbocycles. The molecule has 1 fully saturated rings. The molecule has 1 aromatic rings. The van der Waals surface area contributed by atoms with Crippen LogP contribution in [0.2, 0.25) is 0 Å². The Morgan fingerprint density at radius 3 is 2.33 bits per heavy atom. The van der Waals surface area contributed by atoms with Gasteiger partial charge in [-0.3, -0.25) is 4.90 Å². The molecule has 2 nitrogen and oxygen atoms in total. The van der Waals surface area contributed by atoms with Crippen LogP contribution in [0.15, 0.2) is 24.3 Å². The lowest BCUT2D eigenvalue weighted by Gasteiger charge is -2.26. The Bertz CT molecular complexity index is 396. The molecular weight excluding hydrogens is 220 g/mol. The average Bonchev–Trinajstić information content (AvgIpc) is 2.93. The van der Waals surface area contributed by atoms with Crippen LogP contribution in [-0.2, 0) is 13.0 Å². The normalized spacial score (nSPS) is 16.1. The number of rotatable bonds is 5. The van der Waals surface area contributed by atoms with Crippen molar-refractivity contribution < 1.29 is 0 Å². The van der Waals surface area contributed by atoms with Gasteiger partial charge in [-0.25, -0.2) is 0 Å². The fourth-order valence-corrected chi connectivity index (χ4v) is 2.79. The van der Waals surface area contributed by atoms with Gasteiger partial charge in [-0.2, -0.15) is 5.26 Å². The Labute approximate surface area is 110 Å². The highest BCUT2D eigenvalue weighted by Gasteiger charge is 2.22. The molecule has 0 atom stereocenters. The highest BCUT2D eigenvalue weighted by atomic mass is 15.2. The standard InChI is InChI=1S/C16H22N2/c1-2-14-7-9-15(10-8-14)13-18(12-11-17)16-5-3-4-6-16/h7-10,16H,2-6,12-13H2,1H3. The van der Waals surface area contributed by atoms with E-state index in [4.69, 9.17) is 5.26 Å². The van der Waals surface area contributed by atoms with Crippen molar-refractivity contribution in [3.63, 3.8) is 0 Å². The zero-order valence-corrected chi connectivity index (χ0v) is 11.2. The maximum Gasteiger partial charge on any atom is 0.0871 e. The molecule has 0 N–H and O–H groups in total. The van der Waals surface area contributed by atoms with Gasteiger partial charge in [-0.05, 0) is 30.4 Å². The highest BCUT2D eigenvalue weighted by molar-refractivity contribution is 5.22. The first-order valence-corrected chi connectivity index (χ1v) is 7.02. The molecule has 0 unspecified atom stereocenters. The van der Waals surface area contributed by atoms with Gasteiger partial charge in [0.2, 0.25) is 0 Å². The Morgan fingerprint density at radius 1 is 1.17 bits per heavy atom. The molecule has 0 heterocycles. The summed E-state index contributed by atoms with van der Waals surface area (Å²) in [6.45, 7) is 3.65. The van der Waals surface area contributed by atoms with E-state index >= 15 is 0 Å². The molecule has 18 heavy (non-hydrogen) atoms. The lowest BCUT2D eigenvalue weighted by Crippen LogP contribution is -2.33. The van der Waals surface area contributed by atoms with Crippen molar-refractivity contribution in [2.24, 2.45) is 0 Å². The predicted octanol–water partition coefficient (Wildman–Crippen LogP) is 3.52. The van der Waals surface area contributed by atoms with E-state index in [1.807, 2.05) is 0 Å². The summed E-state index contributed by atoms with van der Waals surface area (Å²) >= 11 is 0. The highest BCUT2D eigenvalue weighted by Crippen LogP contribution is 2.24. The Kier molecular flexibility index (Phi) is 4.78. The largest absolute Gasteiger partial charge is 0.283 e. The summed E-state index contributed by atoms with van der Waals surface area (Å²) in [6.07, 6.45) is 6.25. The summed E-state index contributed by atoms with van der Waals surface area (Å²) < 4.78 is 0.